The normalized spacial score (nSPS) is 15.4. The summed E-state index contributed by atoms with van der Waals surface area (Å²) >= 11 is 0. The zero-order valence-electron chi connectivity index (χ0n) is 9.14. The van der Waals surface area contributed by atoms with E-state index in [1.165, 1.54) is 19.4 Å². The number of anilines is 1. The molecule has 1 aromatic carbocycles. The molecular weight excluding hydrogens is 193 g/mol. The lowest BCUT2D eigenvalue weighted by atomic mass is 10.0. The van der Waals surface area contributed by atoms with Gasteiger partial charge in [-0.3, -0.25) is 0 Å². The second kappa shape index (κ2) is 3.72. The monoisotopic (exact) mass is 209 g/mol. The van der Waals surface area contributed by atoms with E-state index in [0.717, 1.165) is 25.1 Å². The third-order valence-electron chi connectivity index (χ3n) is 2.39. The molecule has 0 saturated heterocycles. The molecule has 0 amide bonds. The predicted octanol–water partition coefficient (Wildman–Crippen LogP) is 3.13. The number of para-hydroxylation sites is 1. The van der Waals surface area contributed by atoms with Gasteiger partial charge in [0.25, 0.3) is 0 Å². The van der Waals surface area contributed by atoms with Crippen molar-refractivity contribution in [3.8, 4) is 5.75 Å². The van der Waals surface area contributed by atoms with E-state index in [0.29, 0.717) is 5.75 Å². The fourth-order valence-electron chi connectivity index (χ4n) is 1.82. The molecule has 0 spiro atoms. The molecule has 0 atom stereocenters. The Bertz CT molecular complexity index is 357. The molecule has 3 heteroatoms. The van der Waals surface area contributed by atoms with E-state index in [-0.39, 0.29) is 0 Å². The Morgan fingerprint density at radius 2 is 2.20 bits per heavy atom. The summed E-state index contributed by atoms with van der Waals surface area (Å²) < 4.78 is 18.7. The summed E-state index contributed by atoms with van der Waals surface area (Å²) in [5.74, 6) is -1.02. The van der Waals surface area contributed by atoms with Crippen LogP contribution in [0.4, 0.5) is 10.1 Å². The van der Waals surface area contributed by atoms with Gasteiger partial charge >= 0.3 is 0 Å². The molecule has 0 saturated carbocycles. The molecule has 1 aliphatic rings. The van der Waals surface area contributed by atoms with E-state index in [9.17, 15) is 4.39 Å². The molecule has 0 fully saturated rings. The first-order valence-electron chi connectivity index (χ1n) is 5.30. The van der Waals surface area contributed by atoms with Crippen molar-refractivity contribution in [1.29, 1.82) is 0 Å². The lowest BCUT2D eigenvalue weighted by molar-refractivity contribution is -0.0252. The minimum absolute atomic E-state index is 0.611. The highest BCUT2D eigenvalue weighted by Gasteiger charge is 2.21. The smallest absolute Gasteiger partial charge is 0.243 e. The van der Waals surface area contributed by atoms with Gasteiger partial charge in [0, 0.05) is 20.4 Å². The van der Waals surface area contributed by atoms with Gasteiger partial charge in [0.05, 0.1) is 5.69 Å². The molecule has 0 unspecified atom stereocenters. The second-order valence-corrected chi connectivity index (χ2v) is 4.29. The number of aryl methyl sites for hydroxylation is 1. The number of alkyl halides is 1. The molecule has 15 heavy (non-hydrogen) atoms. The number of rotatable bonds is 2. The molecule has 0 bridgehead atoms. The maximum atomic E-state index is 13.4. The molecule has 1 heterocycles. The first kappa shape index (κ1) is 10.3. The Morgan fingerprint density at radius 3 is 2.93 bits per heavy atom. The molecule has 0 aromatic heterocycles. The third kappa shape index (κ3) is 2.41. The quantitative estimate of drug-likeness (QED) is 0.808. The number of benzene rings is 1. The minimum atomic E-state index is -1.63. The van der Waals surface area contributed by atoms with Crippen molar-refractivity contribution in [3.05, 3.63) is 23.8 Å². The molecule has 82 valence electrons. The van der Waals surface area contributed by atoms with E-state index < -0.39 is 5.85 Å². The van der Waals surface area contributed by atoms with Crippen LogP contribution in [-0.2, 0) is 6.42 Å². The van der Waals surface area contributed by atoms with E-state index in [1.54, 1.807) is 6.07 Å². The van der Waals surface area contributed by atoms with Gasteiger partial charge in [-0.2, -0.15) is 4.39 Å². The number of halogens is 1. The topological polar surface area (TPSA) is 21.3 Å². The summed E-state index contributed by atoms with van der Waals surface area (Å²) in [7, 11) is 0. The molecule has 0 aliphatic carbocycles. The van der Waals surface area contributed by atoms with Crippen LogP contribution in [0.1, 0.15) is 25.8 Å². The Labute approximate surface area is 89.4 Å². The van der Waals surface area contributed by atoms with Gasteiger partial charge < -0.3 is 10.1 Å². The van der Waals surface area contributed by atoms with Crippen LogP contribution in [0, 0.1) is 0 Å². The van der Waals surface area contributed by atoms with Crippen LogP contribution in [0.5, 0.6) is 5.75 Å². The van der Waals surface area contributed by atoms with Gasteiger partial charge in [-0.05, 0) is 24.5 Å². The SMILES string of the molecule is CC(C)(F)Oc1cccc2c1NCCC2. The van der Waals surface area contributed by atoms with E-state index in [2.05, 4.69) is 11.4 Å². The molecule has 0 radical (unpaired) electrons. The summed E-state index contributed by atoms with van der Waals surface area (Å²) in [4.78, 5) is 0. The average Bonchev–Trinajstić information content (AvgIpc) is 2.16. The van der Waals surface area contributed by atoms with Gasteiger partial charge in [-0.15, -0.1) is 0 Å². The number of ether oxygens (including phenoxy) is 1. The Balaban J connectivity index is 2.31. The number of fused-ring (bicyclic) bond motifs is 1. The average molecular weight is 209 g/mol. The van der Waals surface area contributed by atoms with Crippen molar-refractivity contribution in [2.75, 3.05) is 11.9 Å². The molecule has 2 rings (SSSR count). The Kier molecular flexibility index (Phi) is 2.55. The van der Waals surface area contributed by atoms with Gasteiger partial charge in [0.2, 0.25) is 5.85 Å². The van der Waals surface area contributed by atoms with E-state index >= 15 is 0 Å². The first-order chi connectivity index (χ1) is 7.06. The van der Waals surface area contributed by atoms with Crippen molar-refractivity contribution in [2.45, 2.75) is 32.5 Å². The fourth-order valence-corrected chi connectivity index (χ4v) is 1.82. The molecule has 2 nitrogen and oxygen atoms in total. The Morgan fingerprint density at radius 1 is 1.40 bits per heavy atom. The predicted molar refractivity (Wildman–Crippen MR) is 59.1 cm³/mol. The number of hydrogen-bond donors (Lipinski definition) is 1. The summed E-state index contributed by atoms with van der Waals surface area (Å²) in [6.07, 6.45) is 2.15. The van der Waals surface area contributed by atoms with Crippen molar-refractivity contribution >= 4 is 5.69 Å². The molecule has 1 aromatic rings. The highest BCUT2D eigenvalue weighted by atomic mass is 19.2. The van der Waals surface area contributed by atoms with Crippen molar-refractivity contribution < 1.29 is 9.13 Å². The lowest BCUT2D eigenvalue weighted by Crippen LogP contribution is -2.23. The van der Waals surface area contributed by atoms with Crippen LogP contribution < -0.4 is 10.1 Å². The van der Waals surface area contributed by atoms with E-state index in [4.69, 9.17) is 4.74 Å². The number of hydrogen-bond acceptors (Lipinski definition) is 2. The summed E-state index contributed by atoms with van der Waals surface area (Å²) in [6.45, 7) is 3.75. The van der Waals surface area contributed by atoms with Crippen LogP contribution in [-0.4, -0.2) is 12.4 Å². The van der Waals surface area contributed by atoms with Crippen LogP contribution in [0.25, 0.3) is 0 Å². The maximum Gasteiger partial charge on any atom is 0.243 e. The number of nitrogens with one attached hydrogen (secondary N) is 1. The molecular formula is C12H16FNO. The minimum Gasteiger partial charge on any atom is -0.456 e. The third-order valence-corrected chi connectivity index (χ3v) is 2.39. The highest BCUT2D eigenvalue weighted by molar-refractivity contribution is 5.63. The van der Waals surface area contributed by atoms with Crippen LogP contribution in [0.3, 0.4) is 0 Å². The zero-order chi connectivity index (χ0) is 10.9. The van der Waals surface area contributed by atoms with Gasteiger partial charge in [-0.25, -0.2) is 0 Å². The largest absolute Gasteiger partial charge is 0.456 e. The summed E-state index contributed by atoms with van der Waals surface area (Å²) in [6, 6.07) is 5.77. The highest BCUT2D eigenvalue weighted by Crippen LogP contribution is 2.34. The van der Waals surface area contributed by atoms with Gasteiger partial charge in [-0.1, -0.05) is 12.1 Å². The Hall–Kier alpha value is -1.25. The zero-order valence-corrected chi connectivity index (χ0v) is 9.14. The van der Waals surface area contributed by atoms with Crippen molar-refractivity contribution in [1.82, 2.24) is 0 Å². The van der Waals surface area contributed by atoms with Crippen molar-refractivity contribution in [3.63, 3.8) is 0 Å². The molecule has 1 aliphatic heterocycles. The fraction of sp³-hybridized carbons (Fsp3) is 0.500. The molecule has 1 N–H and O–H groups in total. The first-order valence-corrected chi connectivity index (χ1v) is 5.30. The van der Waals surface area contributed by atoms with E-state index in [1.807, 2.05) is 6.07 Å². The van der Waals surface area contributed by atoms with Crippen LogP contribution in [0.15, 0.2) is 18.2 Å². The van der Waals surface area contributed by atoms with Crippen molar-refractivity contribution in [2.24, 2.45) is 0 Å². The lowest BCUT2D eigenvalue weighted by Gasteiger charge is -2.24. The van der Waals surface area contributed by atoms with Crippen LogP contribution >= 0.6 is 0 Å². The summed E-state index contributed by atoms with van der Waals surface area (Å²) in [5.41, 5.74) is 2.16. The maximum absolute atomic E-state index is 13.4. The van der Waals surface area contributed by atoms with Gasteiger partial charge in [0.15, 0.2) is 0 Å². The summed E-state index contributed by atoms with van der Waals surface area (Å²) in [5, 5.41) is 3.26. The second-order valence-electron chi connectivity index (χ2n) is 4.29. The van der Waals surface area contributed by atoms with Crippen LogP contribution in [0.2, 0.25) is 0 Å². The van der Waals surface area contributed by atoms with Gasteiger partial charge in [0.1, 0.15) is 5.75 Å². The standard InChI is InChI=1S/C12H16FNO/c1-12(2,13)15-10-7-3-5-9-6-4-8-14-11(9)10/h3,5,7,14H,4,6,8H2,1-2H3.